The van der Waals surface area contributed by atoms with Gasteiger partial charge in [0.05, 0.1) is 5.60 Å². The van der Waals surface area contributed by atoms with E-state index in [1.165, 1.54) is 20.8 Å². The second-order valence-corrected chi connectivity index (χ2v) is 3.10. The van der Waals surface area contributed by atoms with Crippen LogP contribution in [0, 0.1) is 0 Å². The van der Waals surface area contributed by atoms with Gasteiger partial charge in [0.2, 0.25) is 0 Å². The van der Waals surface area contributed by atoms with Crippen molar-refractivity contribution in [3.05, 3.63) is 0 Å². The minimum absolute atomic E-state index is 0.100. The van der Waals surface area contributed by atoms with E-state index in [4.69, 9.17) is 10.2 Å². The molecular weight excluding hydrogens is 148 g/mol. The predicted octanol–water partition coefficient (Wildman–Crippen LogP) is -0.319. The lowest BCUT2D eigenvalue weighted by Crippen LogP contribution is -2.30. The molecule has 0 saturated heterocycles. The normalized spacial score (nSPS) is 14.3. The van der Waals surface area contributed by atoms with Gasteiger partial charge in [-0.15, -0.1) is 0 Å². The van der Waals surface area contributed by atoms with Gasteiger partial charge in [0.15, 0.2) is 0 Å². The van der Waals surface area contributed by atoms with Crippen LogP contribution in [0.5, 0.6) is 0 Å². The number of ether oxygens (including phenoxy) is 1. The summed E-state index contributed by atoms with van der Waals surface area (Å²) in [5.74, 6) is -0.716. The Hall–Kier alpha value is -0.610. The van der Waals surface area contributed by atoms with Crippen LogP contribution in [-0.4, -0.2) is 34.5 Å². The van der Waals surface area contributed by atoms with Crippen molar-refractivity contribution in [1.29, 1.82) is 0 Å². The van der Waals surface area contributed by atoms with E-state index in [-0.39, 0.29) is 6.61 Å². The Balaban J connectivity index is 3.64. The van der Waals surface area contributed by atoms with E-state index in [2.05, 4.69) is 4.74 Å². The van der Waals surface area contributed by atoms with E-state index in [9.17, 15) is 4.79 Å². The molecule has 0 bridgehead atoms. The largest absolute Gasteiger partial charge is 0.461 e. The van der Waals surface area contributed by atoms with Crippen molar-refractivity contribution in [2.45, 2.75) is 32.5 Å². The Kier molecular flexibility index (Phi) is 3.48. The molecule has 0 aromatic carbocycles. The van der Waals surface area contributed by atoms with E-state index in [0.717, 1.165) is 0 Å². The number of aliphatic hydroxyl groups excluding tert-OH is 1. The third-order valence-corrected chi connectivity index (χ3v) is 0.909. The van der Waals surface area contributed by atoms with Crippen molar-refractivity contribution in [2.75, 3.05) is 6.61 Å². The van der Waals surface area contributed by atoms with Crippen LogP contribution >= 0.6 is 0 Å². The molecule has 2 N–H and O–H groups in total. The van der Waals surface area contributed by atoms with Gasteiger partial charge in [0.1, 0.15) is 12.7 Å². The molecule has 0 aliphatic rings. The maximum atomic E-state index is 10.6. The van der Waals surface area contributed by atoms with E-state index < -0.39 is 17.7 Å². The Morgan fingerprint density at radius 3 is 2.36 bits per heavy atom. The Bertz CT molecular complexity index is 134. The molecule has 0 fully saturated rings. The maximum Gasteiger partial charge on any atom is 0.334 e. The summed E-state index contributed by atoms with van der Waals surface area (Å²) in [6.45, 7) is 4.24. The van der Waals surface area contributed by atoms with Gasteiger partial charge in [-0.25, -0.2) is 4.79 Å². The van der Waals surface area contributed by atoms with Crippen LogP contribution in [0.4, 0.5) is 0 Å². The van der Waals surface area contributed by atoms with Gasteiger partial charge < -0.3 is 14.9 Å². The highest BCUT2D eigenvalue weighted by Crippen LogP contribution is 2.01. The first kappa shape index (κ1) is 10.4. The van der Waals surface area contributed by atoms with Crippen LogP contribution < -0.4 is 0 Å². The second kappa shape index (κ2) is 3.69. The fourth-order valence-corrected chi connectivity index (χ4v) is 0.368. The Labute approximate surface area is 65.8 Å². The third kappa shape index (κ3) is 5.82. The molecular formula is C7H14O4. The topological polar surface area (TPSA) is 66.8 Å². The summed E-state index contributed by atoms with van der Waals surface area (Å²) in [5, 5.41) is 17.8. The fraction of sp³-hybridized carbons (Fsp3) is 0.857. The fourth-order valence-electron chi connectivity index (χ4n) is 0.368. The van der Waals surface area contributed by atoms with Crippen molar-refractivity contribution in [1.82, 2.24) is 0 Å². The zero-order valence-electron chi connectivity index (χ0n) is 7.00. The number of esters is 1. The molecule has 0 radical (unpaired) electrons. The number of carbonyl (C=O) groups is 1. The highest BCUT2D eigenvalue weighted by molar-refractivity contribution is 5.73. The number of hydrogen-bond donors (Lipinski definition) is 2. The van der Waals surface area contributed by atoms with Crippen LogP contribution in [0.15, 0.2) is 0 Å². The van der Waals surface area contributed by atoms with Gasteiger partial charge in [0, 0.05) is 0 Å². The number of hydrogen-bond acceptors (Lipinski definition) is 4. The summed E-state index contributed by atoms with van der Waals surface area (Å²) in [4.78, 5) is 10.6. The Morgan fingerprint density at radius 1 is 1.64 bits per heavy atom. The molecule has 0 aromatic heterocycles. The zero-order chi connectivity index (χ0) is 9.07. The molecule has 0 heterocycles. The van der Waals surface area contributed by atoms with Crippen LogP contribution in [0.1, 0.15) is 20.8 Å². The average Bonchev–Trinajstić information content (AvgIpc) is 1.80. The van der Waals surface area contributed by atoms with E-state index >= 15 is 0 Å². The third-order valence-electron chi connectivity index (χ3n) is 0.909. The number of aliphatic hydroxyl groups is 2. The summed E-state index contributed by atoms with van der Waals surface area (Å²) in [7, 11) is 0. The van der Waals surface area contributed by atoms with E-state index in [1.807, 2.05) is 0 Å². The van der Waals surface area contributed by atoms with Crippen LogP contribution in [0.3, 0.4) is 0 Å². The van der Waals surface area contributed by atoms with Crippen LogP contribution in [-0.2, 0) is 9.53 Å². The first-order valence-electron chi connectivity index (χ1n) is 3.40. The van der Waals surface area contributed by atoms with Crippen LogP contribution in [0.2, 0.25) is 0 Å². The molecule has 0 saturated carbocycles. The molecule has 4 nitrogen and oxygen atoms in total. The van der Waals surface area contributed by atoms with Gasteiger partial charge >= 0.3 is 5.97 Å². The lowest BCUT2D eigenvalue weighted by atomic mass is 10.2. The minimum atomic E-state index is -1.13. The summed E-state index contributed by atoms with van der Waals surface area (Å²) in [6.07, 6.45) is -1.13. The monoisotopic (exact) mass is 162 g/mol. The van der Waals surface area contributed by atoms with Crippen molar-refractivity contribution in [2.24, 2.45) is 0 Å². The zero-order valence-corrected chi connectivity index (χ0v) is 7.00. The van der Waals surface area contributed by atoms with Gasteiger partial charge in [-0.05, 0) is 20.8 Å². The SMILES string of the molecule is CC(O)C(=O)OCC(C)(C)O. The molecule has 66 valence electrons. The molecule has 0 amide bonds. The first-order valence-corrected chi connectivity index (χ1v) is 3.40. The van der Waals surface area contributed by atoms with Crippen LogP contribution in [0.25, 0.3) is 0 Å². The van der Waals surface area contributed by atoms with Crippen molar-refractivity contribution in [3.63, 3.8) is 0 Å². The van der Waals surface area contributed by atoms with Crippen molar-refractivity contribution >= 4 is 5.97 Å². The first-order chi connectivity index (χ1) is 4.83. The molecule has 4 heteroatoms. The molecule has 0 spiro atoms. The number of rotatable bonds is 3. The lowest BCUT2D eigenvalue weighted by molar-refractivity contribution is -0.158. The van der Waals surface area contributed by atoms with E-state index in [1.54, 1.807) is 0 Å². The summed E-state index contributed by atoms with van der Waals surface area (Å²) >= 11 is 0. The number of carbonyl (C=O) groups excluding carboxylic acids is 1. The molecule has 0 aliphatic carbocycles. The predicted molar refractivity (Wildman–Crippen MR) is 38.9 cm³/mol. The van der Waals surface area contributed by atoms with Gasteiger partial charge in [-0.2, -0.15) is 0 Å². The maximum absolute atomic E-state index is 10.6. The molecule has 1 atom stereocenters. The van der Waals surface area contributed by atoms with Crippen molar-refractivity contribution in [3.8, 4) is 0 Å². The summed E-state index contributed by atoms with van der Waals surface area (Å²) in [6, 6.07) is 0. The van der Waals surface area contributed by atoms with Crippen molar-refractivity contribution < 1.29 is 19.7 Å². The highest BCUT2D eigenvalue weighted by atomic mass is 16.6. The van der Waals surface area contributed by atoms with Gasteiger partial charge in [-0.1, -0.05) is 0 Å². The molecule has 0 aliphatic heterocycles. The Morgan fingerprint density at radius 2 is 2.09 bits per heavy atom. The highest BCUT2D eigenvalue weighted by Gasteiger charge is 2.17. The molecule has 11 heavy (non-hydrogen) atoms. The van der Waals surface area contributed by atoms with Gasteiger partial charge in [-0.3, -0.25) is 0 Å². The molecule has 1 unspecified atom stereocenters. The summed E-state index contributed by atoms with van der Waals surface area (Å²) < 4.78 is 4.53. The minimum Gasteiger partial charge on any atom is -0.461 e. The quantitative estimate of drug-likeness (QED) is 0.558. The second-order valence-electron chi connectivity index (χ2n) is 3.10. The molecule has 0 rings (SSSR count). The summed E-state index contributed by atoms with van der Waals surface area (Å²) in [5.41, 5.74) is -1.04. The smallest absolute Gasteiger partial charge is 0.334 e. The lowest BCUT2D eigenvalue weighted by Gasteiger charge is -2.17. The molecule has 0 aromatic rings. The standard InChI is InChI=1S/C7H14O4/c1-5(8)6(9)11-4-7(2,3)10/h5,8,10H,4H2,1-3H3. The average molecular weight is 162 g/mol. The van der Waals surface area contributed by atoms with E-state index in [0.29, 0.717) is 0 Å². The van der Waals surface area contributed by atoms with Gasteiger partial charge in [0.25, 0.3) is 0 Å².